The molecule has 1 N–H and O–H groups in total. The molecule has 166 valence electrons. The topological polar surface area (TPSA) is 92.8 Å². The van der Waals surface area contributed by atoms with E-state index in [2.05, 4.69) is 9.88 Å². The average Bonchev–Trinajstić information content (AvgIpc) is 3.18. The van der Waals surface area contributed by atoms with Gasteiger partial charge in [-0.1, -0.05) is 17.7 Å². The van der Waals surface area contributed by atoms with Gasteiger partial charge < -0.3 is 14.1 Å². The molecule has 4 aromatic rings. The second kappa shape index (κ2) is 8.02. The van der Waals surface area contributed by atoms with Crippen LogP contribution in [0.5, 0.6) is 5.75 Å². The first kappa shape index (κ1) is 20.6. The van der Waals surface area contributed by atoms with Crippen molar-refractivity contribution >= 4 is 34.2 Å². The summed E-state index contributed by atoms with van der Waals surface area (Å²) in [4.78, 5) is 34.5. The number of nitrogens with zero attached hydrogens (tertiary/aromatic N) is 3. The number of fused-ring (bicyclic) bond motifs is 2. The van der Waals surface area contributed by atoms with Gasteiger partial charge in [-0.2, -0.15) is 0 Å². The molecule has 8 nitrogen and oxygen atoms in total. The molecule has 1 fully saturated rings. The lowest BCUT2D eigenvalue weighted by molar-refractivity contribution is 0.227. The molecule has 0 unspecified atom stereocenters. The Labute approximate surface area is 188 Å². The lowest BCUT2D eigenvalue weighted by Crippen LogP contribution is -2.33. The molecule has 1 aliphatic rings. The first-order chi connectivity index (χ1) is 15.4. The van der Waals surface area contributed by atoms with Gasteiger partial charge in [0.1, 0.15) is 17.6 Å². The molecule has 4 heterocycles. The average molecular weight is 455 g/mol. The molecule has 32 heavy (non-hydrogen) atoms. The molecule has 0 spiro atoms. The third-order valence-electron chi connectivity index (χ3n) is 5.93. The molecule has 5 rings (SSSR count). The van der Waals surface area contributed by atoms with Crippen molar-refractivity contribution in [2.45, 2.75) is 39.2 Å². The summed E-state index contributed by atoms with van der Waals surface area (Å²) >= 11 is 6.36. The Morgan fingerprint density at radius 2 is 2.00 bits per heavy atom. The molecule has 3 aromatic heterocycles. The number of aromatic amines is 1. The van der Waals surface area contributed by atoms with Crippen molar-refractivity contribution in [3.63, 3.8) is 0 Å². The Morgan fingerprint density at radius 1 is 1.22 bits per heavy atom. The summed E-state index contributed by atoms with van der Waals surface area (Å²) in [5.41, 5.74) is 2.51. The van der Waals surface area contributed by atoms with Gasteiger partial charge in [0.25, 0.3) is 5.56 Å². The van der Waals surface area contributed by atoms with Gasteiger partial charge in [0.05, 0.1) is 16.1 Å². The van der Waals surface area contributed by atoms with Crippen LogP contribution in [0.15, 0.2) is 44.5 Å². The Hall–Kier alpha value is -3.26. The number of oxazole rings is 1. The number of piperidine rings is 1. The summed E-state index contributed by atoms with van der Waals surface area (Å²) in [6.45, 7) is 5.42. The quantitative estimate of drug-likeness (QED) is 0.496. The van der Waals surface area contributed by atoms with E-state index >= 15 is 0 Å². The highest BCUT2D eigenvalue weighted by Crippen LogP contribution is 2.31. The van der Waals surface area contributed by atoms with Crippen LogP contribution in [-0.4, -0.2) is 27.5 Å². The number of nitrogens with one attached hydrogen (secondary N) is 1. The van der Waals surface area contributed by atoms with Gasteiger partial charge in [0, 0.05) is 24.8 Å². The third-order valence-corrected chi connectivity index (χ3v) is 6.13. The number of ether oxygens (including phenoxy) is 1. The van der Waals surface area contributed by atoms with E-state index in [-0.39, 0.29) is 5.56 Å². The molecular weight excluding hydrogens is 432 g/mol. The summed E-state index contributed by atoms with van der Waals surface area (Å²) in [5, 5.41) is 0.406. The number of halogens is 1. The number of hydrogen-bond donors (Lipinski definition) is 1. The van der Waals surface area contributed by atoms with E-state index in [1.807, 2.05) is 6.92 Å². The molecule has 0 amide bonds. The van der Waals surface area contributed by atoms with E-state index in [0.29, 0.717) is 44.5 Å². The smallest absolute Gasteiger partial charge is 0.417 e. The number of H-pyrrole nitrogens is 1. The first-order valence-electron chi connectivity index (χ1n) is 10.7. The summed E-state index contributed by atoms with van der Waals surface area (Å²) in [5.74, 6) is 0.577. The number of benzene rings is 1. The van der Waals surface area contributed by atoms with Crippen molar-refractivity contribution < 1.29 is 9.15 Å². The second-order valence-corrected chi connectivity index (χ2v) is 8.56. The van der Waals surface area contributed by atoms with Crippen LogP contribution in [0, 0.1) is 6.92 Å². The summed E-state index contributed by atoms with van der Waals surface area (Å²) in [6.07, 6.45) is 4.42. The molecule has 0 aliphatic carbocycles. The van der Waals surface area contributed by atoms with E-state index in [0.717, 1.165) is 25.9 Å². The van der Waals surface area contributed by atoms with Crippen LogP contribution in [0.3, 0.4) is 0 Å². The minimum Gasteiger partial charge on any atom is -0.482 e. The number of para-hydroxylation sites is 1. The summed E-state index contributed by atoms with van der Waals surface area (Å²) < 4.78 is 12.9. The zero-order valence-corrected chi connectivity index (χ0v) is 18.6. The Balaban J connectivity index is 1.63. The minimum absolute atomic E-state index is 0.148. The fourth-order valence-electron chi connectivity index (χ4n) is 4.31. The van der Waals surface area contributed by atoms with Gasteiger partial charge in [-0.15, -0.1) is 0 Å². The molecule has 9 heteroatoms. The normalized spacial score (nSPS) is 15.4. The number of hydrogen-bond acceptors (Lipinski definition) is 6. The Kier molecular flexibility index (Phi) is 5.17. The molecule has 1 atom stereocenters. The molecule has 0 bridgehead atoms. The van der Waals surface area contributed by atoms with E-state index in [4.69, 9.17) is 25.7 Å². The van der Waals surface area contributed by atoms with E-state index in [1.165, 1.54) is 10.8 Å². The van der Waals surface area contributed by atoms with Crippen molar-refractivity contribution in [1.82, 2.24) is 14.4 Å². The number of aromatic nitrogens is 3. The maximum atomic E-state index is 13.2. The SMILES string of the molecule is Cc1c(N2CCCCC2)nc2c([C@@H](C)Oc3cccc4[nH]c(=O)oc34)cc(Cl)cn2c1=O. The van der Waals surface area contributed by atoms with Gasteiger partial charge >= 0.3 is 5.76 Å². The lowest BCUT2D eigenvalue weighted by atomic mass is 10.1. The highest BCUT2D eigenvalue weighted by molar-refractivity contribution is 6.30. The third kappa shape index (κ3) is 3.54. The van der Waals surface area contributed by atoms with Crippen molar-refractivity contribution in [3.05, 3.63) is 67.5 Å². The van der Waals surface area contributed by atoms with Gasteiger partial charge in [-0.25, -0.2) is 9.78 Å². The second-order valence-electron chi connectivity index (χ2n) is 8.13. The van der Waals surface area contributed by atoms with Crippen molar-refractivity contribution in [1.29, 1.82) is 0 Å². The van der Waals surface area contributed by atoms with Crippen molar-refractivity contribution in [2.75, 3.05) is 18.0 Å². The summed E-state index contributed by atoms with van der Waals surface area (Å²) in [6, 6.07) is 7.00. The fourth-order valence-corrected chi connectivity index (χ4v) is 4.53. The largest absolute Gasteiger partial charge is 0.482 e. The van der Waals surface area contributed by atoms with Gasteiger partial charge in [-0.05, 0) is 51.3 Å². The molecule has 1 saturated heterocycles. The van der Waals surface area contributed by atoms with Crippen LogP contribution < -0.4 is 21.0 Å². The zero-order valence-electron chi connectivity index (χ0n) is 17.9. The van der Waals surface area contributed by atoms with Crippen molar-refractivity contribution in [3.8, 4) is 5.75 Å². The van der Waals surface area contributed by atoms with Crippen LogP contribution >= 0.6 is 11.6 Å². The summed E-state index contributed by atoms with van der Waals surface area (Å²) in [7, 11) is 0. The van der Waals surface area contributed by atoms with E-state index in [9.17, 15) is 9.59 Å². The van der Waals surface area contributed by atoms with E-state index < -0.39 is 11.9 Å². The first-order valence-corrected chi connectivity index (χ1v) is 11.1. The highest BCUT2D eigenvalue weighted by Gasteiger charge is 2.22. The minimum atomic E-state index is -0.549. The maximum absolute atomic E-state index is 13.2. The molecule has 0 radical (unpaired) electrons. The number of anilines is 1. The van der Waals surface area contributed by atoms with Gasteiger partial charge in [0.2, 0.25) is 0 Å². The molecular formula is C23H23ClN4O4. The number of pyridine rings is 1. The molecule has 1 aliphatic heterocycles. The van der Waals surface area contributed by atoms with Crippen molar-refractivity contribution in [2.24, 2.45) is 0 Å². The van der Waals surface area contributed by atoms with Gasteiger partial charge in [-0.3, -0.25) is 14.2 Å². The van der Waals surface area contributed by atoms with Crippen LogP contribution in [0.1, 0.15) is 43.4 Å². The van der Waals surface area contributed by atoms with Crippen LogP contribution in [0.25, 0.3) is 16.7 Å². The predicted octanol–water partition coefficient (Wildman–Crippen LogP) is 4.22. The predicted molar refractivity (Wildman–Crippen MR) is 123 cm³/mol. The molecule has 1 aromatic carbocycles. The van der Waals surface area contributed by atoms with Crippen LogP contribution in [0.2, 0.25) is 5.02 Å². The van der Waals surface area contributed by atoms with Gasteiger partial charge in [0.15, 0.2) is 11.3 Å². The number of rotatable bonds is 4. The Morgan fingerprint density at radius 3 is 2.78 bits per heavy atom. The lowest BCUT2D eigenvalue weighted by Gasteiger charge is -2.29. The fraction of sp³-hybridized carbons (Fsp3) is 0.348. The zero-order chi connectivity index (χ0) is 22.4. The maximum Gasteiger partial charge on any atom is 0.417 e. The van der Waals surface area contributed by atoms with Crippen LogP contribution in [-0.2, 0) is 0 Å². The van der Waals surface area contributed by atoms with Crippen LogP contribution in [0.4, 0.5) is 5.82 Å². The standard InChI is InChI=1S/C23H23ClN4O4/c1-13-20(27-9-4-3-5-10-27)26-21-16(11-15(24)12-28(21)22(13)29)14(2)31-18-8-6-7-17-19(18)32-23(30)25-17/h6-8,11-12,14H,3-5,9-10H2,1-2H3,(H,25,30)/t14-/m1/s1. The van der Waals surface area contributed by atoms with E-state index in [1.54, 1.807) is 37.4 Å². The Bertz CT molecular complexity index is 1430. The molecule has 0 saturated carbocycles. The monoisotopic (exact) mass is 454 g/mol. The highest BCUT2D eigenvalue weighted by atomic mass is 35.5.